The van der Waals surface area contributed by atoms with Gasteiger partial charge in [-0.2, -0.15) is 0 Å². The second-order valence-electron chi connectivity index (χ2n) is 5.89. The number of hydrogen-bond donors (Lipinski definition) is 1. The monoisotopic (exact) mass is 308 g/mol. The number of amides is 1. The molecule has 1 saturated heterocycles. The fourth-order valence-corrected chi connectivity index (χ4v) is 4.47. The molecule has 0 spiro atoms. The number of rotatable bonds is 3. The molecule has 3 atom stereocenters. The van der Waals surface area contributed by atoms with Crippen molar-refractivity contribution in [3.05, 3.63) is 16.1 Å². The summed E-state index contributed by atoms with van der Waals surface area (Å²) in [7, 11) is 0. The number of thiazole rings is 1. The van der Waals surface area contributed by atoms with Crippen LogP contribution in [0.2, 0.25) is 0 Å². The summed E-state index contributed by atoms with van der Waals surface area (Å²) in [4.78, 5) is 30.8. The van der Waals surface area contributed by atoms with Crippen molar-refractivity contribution in [1.29, 1.82) is 0 Å². The zero-order valence-electron chi connectivity index (χ0n) is 12.1. The molecule has 0 bridgehead atoms. The minimum absolute atomic E-state index is 0.0968. The molecule has 6 heteroatoms. The van der Waals surface area contributed by atoms with Crippen LogP contribution in [0.25, 0.3) is 0 Å². The molecule has 5 nitrogen and oxygen atoms in total. The standard InChI is InChI=1S/C15H20N2O3S/c1-2-13-16-8-12(21-13)14(18)17-10-6-4-3-5-9(10)7-11(17)15(19)20/h8-11H,2-7H2,1H3,(H,19,20)/t9-,10+,11-/m0/s1. The van der Waals surface area contributed by atoms with Crippen molar-refractivity contribution in [3.8, 4) is 0 Å². The minimum atomic E-state index is -0.877. The van der Waals surface area contributed by atoms with Gasteiger partial charge in [-0.3, -0.25) is 4.79 Å². The largest absolute Gasteiger partial charge is 0.480 e. The van der Waals surface area contributed by atoms with E-state index in [2.05, 4.69) is 4.98 Å². The number of hydrogen-bond acceptors (Lipinski definition) is 4. The lowest BCUT2D eigenvalue weighted by Crippen LogP contribution is -2.46. The second-order valence-corrected chi connectivity index (χ2v) is 7.00. The molecule has 21 heavy (non-hydrogen) atoms. The average Bonchev–Trinajstić information content (AvgIpc) is 3.11. The van der Waals surface area contributed by atoms with Gasteiger partial charge in [0.25, 0.3) is 5.91 Å². The molecule has 1 saturated carbocycles. The molecule has 1 aromatic heterocycles. The summed E-state index contributed by atoms with van der Waals surface area (Å²) in [6.07, 6.45) is 7.20. The van der Waals surface area contributed by atoms with Crippen LogP contribution in [-0.2, 0) is 11.2 Å². The first-order valence-electron chi connectivity index (χ1n) is 7.62. The number of carbonyl (C=O) groups is 2. The molecule has 2 aliphatic rings. The molecule has 0 radical (unpaired) electrons. The number of carboxylic acid groups (broad SMARTS) is 1. The van der Waals surface area contributed by atoms with Crippen molar-refractivity contribution in [2.45, 2.75) is 57.5 Å². The van der Waals surface area contributed by atoms with E-state index in [0.717, 1.165) is 37.1 Å². The molecule has 3 rings (SSSR count). The topological polar surface area (TPSA) is 70.5 Å². The van der Waals surface area contributed by atoms with Gasteiger partial charge in [0, 0.05) is 6.04 Å². The number of aliphatic carboxylic acids is 1. The molecule has 0 unspecified atom stereocenters. The van der Waals surface area contributed by atoms with E-state index >= 15 is 0 Å². The first kappa shape index (κ1) is 14.5. The smallest absolute Gasteiger partial charge is 0.326 e. The molecule has 2 heterocycles. The van der Waals surface area contributed by atoms with Gasteiger partial charge in [0.1, 0.15) is 10.9 Å². The van der Waals surface area contributed by atoms with Crippen LogP contribution >= 0.6 is 11.3 Å². The van der Waals surface area contributed by atoms with Crippen molar-refractivity contribution < 1.29 is 14.7 Å². The highest BCUT2D eigenvalue weighted by Gasteiger charge is 2.47. The summed E-state index contributed by atoms with van der Waals surface area (Å²) in [6.45, 7) is 2.00. The Kier molecular flexibility index (Phi) is 3.97. The van der Waals surface area contributed by atoms with E-state index in [4.69, 9.17) is 0 Å². The van der Waals surface area contributed by atoms with Crippen molar-refractivity contribution in [3.63, 3.8) is 0 Å². The number of aryl methyl sites for hydroxylation is 1. The third-order valence-corrected chi connectivity index (χ3v) is 5.80. The fourth-order valence-electron chi connectivity index (χ4n) is 3.67. The summed E-state index contributed by atoms with van der Waals surface area (Å²) in [5, 5.41) is 10.4. The molecular formula is C15H20N2O3S. The Morgan fingerprint density at radius 3 is 2.86 bits per heavy atom. The van der Waals surface area contributed by atoms with Gasteiger partial charge in [-0.1, -0.05) is 19.8 Å². The fraction of sp³-hybridized carbons (Fsp3) is 0.667. The van der Waals surface area contributed by atoms with E-state index in [0.29, 0.717) is 17.2 Å². The zero-order valence-corrected chi connectivity index (χ0v) is 12.9. The van der Waals surface area contributed by atoms with Gasteiger partial charge in [-0.05, 0) is 31.6 Å². The molecule has 1 amide bonds. The molecule has 1 aliphatic heterocycles. The third kappa shape index (κ3) is 2.57. The highest BCUT2D eigenvalue weighted by atomic mass is 32.1. The Labute approximate surface area is 128 Å². The van der Waals surface area contributed by atoms with E-state index < -0.39 is 12.0 Å². The van der Waals surface area contributed by atoms with Crippen LogP contribution in [0.3, 0.4) is 0 Å². The van der Waals surface area contributed by atoms with Crippen LogP contribution in [0.5, 0.6) is 0 Å². The number of carbonyl (C=O) groups excluding carboxylic acids is 1. The minimum Gasteiger partial charge on any atom is -0.480 e. The Bertz CT molecular complexity index is 557. The van der Waals surface area contributed by atoms with Crippen molar-refractivity contribution in [1.82, 2.24) is 9.88 Å². The van der Waals surface area contributed by atoms with Crippen LogP contribution in [0.1, 0.15) is 53.7 Å². The summed E-state index contributed by atoms with van der Waals surface area (Å²) in [5.74, 6) is -0.672. The van der Waals surface area contributed by atoms with Gasteiger partial charge in [0.2, 0.25) is 0 Å². The lowest BCUT2D eigenvalue weighted by atomic mass is 9.85. The van der Waals surface area contributed by atoms with Gasteiger partial charge >= 0.3 is 5.97 Å². The number of nitrogens with zero attached hydrogens (tertiary/aromatic N) is 2. The summed E-state index contributed by atoms with van der Waals surface area (Å²) in [5.41, 5.74) is 0. The van der Waals surface area contributed by atoms with E-state index in [1.165, 1.54) is 11.3 Å². The van der Waals surface area contributed by atoms with Crippen molar-refractivity contribution in [2.75, 3.05) is 0 Å². The SMILES string of the molecule is CCc1ncc(C(=O)N2[C@@H]3CCCC[C@H]3C[C@H]2C(=O)O)s1. The number of fused-ring (bicyclic) bond motifs is 1. The molecule has 114 valence electrons. The molecule has 1 aromatic rings. The van der Waals surface area contributed by atoms with Gasteiger partial charge in [-0.25, -0.2) is 9.78 Å². The van der Waals surface area contributed by atoms with E-state index in [9.17, 15) is 14.7 Å². The molecule has 2 fully saturated rings. The van der Waals surface area contributed by atoms with Gasteiger partial charge in [-0.15, -0.1) is 11.3 Å². The lowest BCUT2D eigenvalue weighted by molar-refractivity contribution is -0.141. The molecule has 0 aromatic carbocycles. The van der Waals surface area contributed by atoms with Crippen LogP contribution in [0, 0.1) is 5.92 Å². The van der Waals surface area contributed by atoms with Gasteiger partial charge in [0.15, 0.2) is 0 Å². The third-order valence-electron chi connectivity index (χ3n) is 4.67. The van der Waals surface area contributed by atoms with Crippen LogP contribution in [0.15, 0.2) is 6.20 Å². The van der Waals surface area contributed by atoms with Crippen molar-refractivity contribution in [2.24, 2.45) is 5.92 Å². The zero-order chi connectivity index (χ0) is 15.0. The predicted molar refractivity (Wildman–Crippen MR) is 79.4 cm³/mol. The van der Waals surface area contributed by atoms with E-state index in [1.807, 2.05) is 6.92 Å². The molecule has 1 N–H and O–H groups in total. The second kappa shape index (κ2) is 5.75. The Morgan fingerprint density at radius 1 is 1.43 bits per heavy atom. The van der Waals surface area contributed by atoms with Crippen LogP contribution in [0.4, 0.5) is 0 Å². The molecular weight excluding hydrogens is 288 g/mol. The van der Waals surface area contributed by atoms with Crippen molar-refractivity contribution >= 4 is 23.2 Å². The number of carboxylic acids is 1. The first-order chi connectivity index (χ1) is 10.1. The number of aromatic nitrogens is 1. The summed E-state index contributed by atoms with van der Waals surface area (Å²) in [6, 6.07) is -0.572. The summed E-state index contributed by atoms with van der Waals surface area (Å²) < 4.78 is 0. The van der Waals surface area contributed by atoms with Crippen LogP contribution in [-0.4, -0.2) is 39.0 Å². The average molecular weight is 308 g/mol. The maximum Gasteiger partial charge on any atom is 0.326 e. The predicted octanol–water partition coefficient (Wildman–Crippen LogP) is 2.56. The normalized spacial score (nSPS) is 28.4. The Hall–Kier alpha value is -1.43. The summed E-state index contributed by atoms with van der Waals surface area (Å²) >= 11 is 1.39. The lowest BCUT2D eigenvalue weighted by Gasteiger charge is -2.32. The highest BCUT2D eigenvalue weighted by Crippen LogP contribution is 2.40. The van der Waals surface area contributed by atoms with E-state index in [-0.39, 0.29) is 11.9 Å². The first-order valence-corrected chi connectivity index (χ1v) is 8.43. The quantitative estimate of drug-likeness (QED) is 0.931. The highest BCUT2D eigenvalue weighted by molar-refractivity contribution is 7.13. The Balaban J connectivity index is 1.88. The van der Waals surface area contributed by atoms with Crippen LogP contribution < -0.4 is 0 Å². The van der Waals surface area contributed by atoms with E-state index in [1.54, 1.807) is 11.1 Å². The number of likely N-dealkylation sites (tertiary alicyclic amines) is 1. The van der Waals surface area contributed by atoms with Gasteiger partial charge < -0.3 is 10.0 Å². The Morgan fingerprint density at radius 2 is 2.19 bits per heavy atom. The molecule has 1 aliphatic carbocycles. The maximum absolute atomic E-state index is 12.8. The maximum atomic E-state index is 12.8. The van der Waals surface area contributed by atoms with Gasteiger partial charge in [0.05, 0.1) is 11.2 Å².